The predicted molar refractivity (Wildman–Crippen MR) is 61.2 cm³/mol. The Morgan fingerprint density at radius 2 is 2.07 bits per heavy atom. The predicted octanol–water partition coefficient (Wildman–Crippen LogP) is 4.03. The van der Waals surface area contributed by atoms with Crippen molar-refractivity contribution in [1.29, 1.82) is 0 Å². The first kappa shape index (κ1) is 9.41. The van der Waals surface area contributed by atoms with Gasteiger partial charge in [0, 0.05) is 5.39 Å². The highest BCUT2D eigenvalue weighted by Gasteiger charge is 2.00. The van der Waals surface area contributed by atoms with Crippen LogP contribution in [-0.4, -0.2) is 0 Å². The van der Waals surface area contributed by atoms with Gasteiger partial charge in [0.25, 0.3) is 0 Å². The van der Waals surface area contributed by atoms with Gasteiger partial charge in [0.2, 0.25) is 0 Å². The fourth-order valence-corrected chi connectivity index (χ4v) is 1.86. The van der Waals surface area contributed by atoms with Crippen LogP contribution < -0.4 is 0 Å². The van der Waals surface area contributed by atoms with Gasteiger partial charge in [0.15, 0.2) is 4.71 Å². The molecule has 0 bridgehead atoms. The lowest BCUT2D eigenvalue weighted by Crippen LogP contribution is -1.83. The third kappa shape index (κ3) is 1.58. The Labute approximate surface area is 88.4 Å². The monoisotopic (exact) mass is 204 g/mol. The van der Waals surface area contributed by atoms with E-state index in [0.717, 1.165) is 17.4 Å². The van der Waals surface area contributed by atoms with Crippen molar-refractivity contribution in [3.05, 3.63) is 40.1 Å². The summed E-state index contributed by atoms with van der Waals surface area (Å²) in [5, 5.41) is 1.15. The zero-order chi connectivity index (χ0) is 10.1. The van der Waals surface area contributed by atoms with Crippen LogP contribution in [0.3, 0.4) is 0 Å². The van der Waals surface area contributed by atoms with Crippen molar-refractivity contribution in [2.24, 2.45) is 0 Å². The first-order chi connectivity index (χ1) is 6.70. The van der Waals surface area contributed by atoms with Crippen molar-refractivity contribution < 1.29 is 4.42 Å². The third-order valence-electron chi connectivity index (χ3n) is 2.42. The molecule has 2 heteroatoms. The Hall–Kier alpha value is -1.15. The molecular weight excluding hydrogens is 192 g/mol. The minimum Gasteiger partial charge on any atom is -0.445 e. The Morgan fingerprint density at radius 1 is 1.29 bits per heavy atom. The first-order valence-corrected chi connectivity index (χ1v) is 5.15. The smallest absolute Gasteiger partial charge is 0.191 e. The van der Waals surface area contributed by atoms with Crippen LogP contribution in [-0.2, 0) is 6.42 Å². The number of aryl methyl sites for hydroxylation is 2. The second-order valence-corrected chi connectivity index (χ2v) is 3.83. The molecule has 0 N–H and O–H groups in total. The molecule has 0 atom stereocenters. The molecule has 0 fully saturated rings. The van der Waals surface area contributed by atoms with Gasteiger partial charge in [0.05, 0.1) is 0 Å². The fourth-order valence-electron chi connectivity index (χ4n) is 1.59. The second kappa shape index (κ2) is 3.54. The molecule has 2 rings (SSSR count). The van der Waals surface area contributed by atoms with Gasteiger partial charge < -0.3 is 4.42 Å². The van der Waals surface area contributed by atoms with Gasteiger partial charge in [-0.05, 0) is 48.8 Å². The lowest BCUT2D eigenvalue weighted by atomic mass is 10.1. The van der Waals surface area contributed by atoms with Crippen molar-refractivity contribution in [3.8, 4) is 0 Å². The van der Waals surface area contributed by atoms with Crippen molar-refractivity contribution in [2.75, 3.05) is 0 Å². The summed E-state index contributed by atoms with van der Waals surface area (Å²) in [6.45, 7) is 4.19. The summed E-state index contributed by atoms with van der Waals surface area (Å²) in [5.41, 5.74) is 3.36. The summed E-state index contributed by atoms with van der Waals surface area (Å²) in [6.07, 6.45) is 1.02. The van der Waals surface area contributed by atoms with E-state index in [1.165, 1.54) is 11.1 Å². The standard InChI is InChI=1S/C12H12OS/c1-3-9-4-5-10-8(2)6-12(14)13-11(10)7-9/h4-7H,3H2,1-2H3. The molecule has 0 aliphatic rings. The van der Waals surface area contributed by atoms with Gasteiger partial charge in [0.1, 0.15) is 5.58 Å². The van der Waals surface area contributed by atoms with E-state index in [1.807, 2.05) is 6.07 Å². The molecule has 72 valence electrons. The van der Waals surface area contributed by atoms with E-state index in [2.05, 4.69) is 32.0 Å². The topological polar surface area (TPSA) is 13.1 Å². The Balaban J connectivity index is 2.82. The summed E-state index contributed by atoms with van der Waals surface area (Å²) in [7, 11) is 0. The van der Waals surface area contributed by atoms with E-state index in [4.69, 9.17) is 16.6 Å². The lowest BCUT2D eigenvalue weighted by Gasteiger charge is -2.02. The molecule has 0 spiro atoms. The Bertz CT molecular complexity index is 525. The molecule has 0 unspecified atom stereocenters. The zero-order valence-electron chi connectivity index (χ0n) is 8.33. The van der Waals surface area contributed by atoms with Crippen LogP contribution in [0.5, 0.6) is 0 Å². The van der Waals surface area contributed by atoms with Gasteiger partial charge in [-0.3, -0.25) is 0 Å². The second-order valence-electron chi connectivity index (χ2n) is 3.43. The van der Waals surface area contributed by atoms with Crippen LogP contribution in [0.15, 0.2) is 28.7 Å². The number of hydrogen-bond acceptors (Lipinski definition) is 2. The fraction of sp³-hybridized carbons (Fsp3) is 0.250. The highest BCUT2D eigenvalue weighted by Crippen LogP contribution is 2.20. The highest BCUT2D eigenvalue weighted by atomic mass is 32.1. The van der Waals surface area contributed by atoms with E-state index in [1.54, 1.807) is 0 Å². The largest absolute Gasteiger partial charge is 0.445 e. The van der Waals surface area contributed by atoms with Crippen molar-refractivity contribution >= 4 is 23.2 Å². The van der Waals surface area contributed by atoms with Crippen LogP contribution in [0.4, 0.5) is 0 Å². The van der Waals surface area contributed by atoms with E-state index in [0.29, 0.717) is 4.71 Å². The van der Waals surface area contributed by atoms with Crippen molar-refractivity contribution in [1.82, 2.24) is 0 Å². The lowest BCUT2D eigenvalue weighted by molar-refractivity contribution is 0.585. The molecule has 0 saturated carbocycles. The van der Waals surface area contributed by atoms with Gasteiger partial charge in [-0.1, -0.05) is 19.1 Å². The van der Waals surface area contributed by atoms with Crippen LogP contribution in [0.25, 0.3) is 11.0 Å². The van der Waals surface area contributed by atoms with Crippen LogP contribution >= 0.6 is 12.2 Å². The minimum atomic E-state index is 0.559. The maximum absolute atomic E-state index is 5.50. The maximum atomic E-state index is 5.50. The maximum Gasteiger partial charge on any atom is 0.191 e. The molecule has 1 heterocycles. The van der Waals surface area contributed by atoms with Gasteiger partial charge in [-0.2, -0.15) is 0 Å². The Morgan fingerprint density at radius 3 is 2.79 bits per heavy atom. The number of rotatable bonds is 1. The minimum absolute atomic E-state index is 0.559. The van der Waals surface area contributed by atoms with Crippen molar-refractivity contribution in [2.45, 2.75) is 20.3 Å². The van der Waals surface area contributed by atoms with Gasteiger partial charge in [-0.15, -0.1) is 0 Å². The molecule has 1 nitrogen and oxygen atoms in total. The molecule has 0 aliphatic heterocycles. The normalized spacial score (nSPS) is 10.7. The third-order valence-corrected chi connectivity index (χ3v) is 2.63. The summed E-state index contributed by atoms with van der Waals surface area (Å²) in [6, 6.07) is 8.19. The van der Waals surface area contributed by atoms with E-state index >= 15 is 0 Å². The molecule has 14 heavy (non-hydrogen) atoms. The first-order valence-electron chi connectivity index (χ1n) is 4.74. The number of hydrogen-bond donors (Lipinski definition) is 0. The summed E-state index contributed by atoms with van der Waals surface area (Å²) in [5.74, 6) is 0. The molecule has 0 amide bonds. The van der Waals surface area contributed by atoms with E-state index in [-0.39, 0.29) is 0 Å². The molecule has 2 aromatic rings. The molecule has 0 aliphatic carbocycles. The van der Waals surface area contributed by atoms with Gasteiger partial charge >= 0.3 is 0 Å². The summed E-state index contributed by atoms with van der Waals surface area (Å²) < 4.78 is 6.06. The number of fused-ring (bicyclic) bond motifs is 1. The Kier molecular flexibility index (Phi) is 2.38. The molecular formula is C12H12OS. The molecule has 1 aromatic heterocycles. The van der Waals surface area contributed by atoms with Gasteiger partial charge in [-0.25, -0.2) is 0 Å². The molecule has 0 radical (unpaired) electrons. The van der Waals surface area contributed by atoms with Crippen LogP contribution in [0.1, 0.15) is 18.1 Å². The number of benzene rings is 1. The quantitative estimate of drug-likeness (QED) is 0.650. The highest BCUT2D eigenvalue weighted by molar-refractivity contribution is 7.71. The summed E-state index contributed by atoms with van der Waals surface area (Å²) >= 11 is 5.04. The molecule has 1 aromatic carbocycles. The van der Waals surface area contributed by atoms with Crippen molar-refractivity contribution in [3.63, 3.8) is 0 Å². The van der Waals surface area contributed by atoms with E-state index in [9.17, 15) is 0 Å². The van der Waals surface area contributed by atoms with Crippen LogP contribution in [0.2, 0.25) is 0 Å². The summed E-state index contributed by atoms with van der Waals surface area (Å²) in [4.78, 5) is 0. The SMILES string of the molecule is CCc1ccc2c(C)cc(=S)oc2c1. The molecule has 0 saturated heterocycles. The average molecular weight is 204 g/mol. The zero-order valence-corrected chi connectivity index (χ0v) is 9.15. The average Bonchev–Trinajstić information content (AvgIpc) is 2.16. The van der Waals surface area contributed by atoms with Crippen LogP contribution in [0, 0.1) is 11.6 Å². The van der Waals surface area contributed by atoms with E-state index < -0.39 is 0 Å².